The van der Waals surface area contributed by atoms with Crippen LogP contribution in [-0.4, -0.2) is 34.4 Å². The Morgan fingerprint density at radius 3 is 2.45 bits per heavy atom. The van der Waals surface area contributed by atoms with Crippen molar-refractivity contribution in [2.24, 2.45) is 5.73 Å². The summed E-state index contributed by atoms with van der Waals surface area (Å²) in [4.78, 5) is 2.51. The second kappa shape index (κ2) is 10.1. The molecule has 2 N–H and O–H groups in total. The molecule has 0 saturated carbocycles. The number of nitrogens with two attached hydrogens (primary N) is 1. The molecule has 0 radical (unpaired) electrons. The summed E-state index contributed by atoms with van der Waals surface area (Å²) in [6, 6.07) is 19.7. The van der Waals surface area contributed by atoms with Crippen LogP contribution in [0.3, 0.4) is 0 Å². The zero-order valence-corrected chi connectivity index (χ0v) is 20.7. The van der Waals surface area contributed by atoms with E-state index >= 15 is 0 Å². The van der Waals surface area contributed by atoms with Gasteiger partial charge in [-0.05, 0) is 61.1 Å². The number of hydrogen-bond acceptors (Lipinski definition) is 4. The van der Waals surface area contributed by atoms with Gasteiger partial charge in [0.25, 0.3) is 0 Å². The van der Waals surface area contributed by atoms with Crippen LogP contribution in [-0.2, 0) is 6.54 Å². The van der Waals surface area contributed by atoms with Crippen molar-refractivity contribution in [2.75, 3.05) is 13.7 Å². The molecule has 2 heterocycles. The summed E-state index contributed by atoms with van der Waals surface area (Å²) in [5.41, 5.74) is 12.5. The van der Waals surface area contributed by atoms with Crippen molar-refractivity contribution in [2.45, 2.75) is 71.0 Å². The van der Waals surface area contributed by atoms with E-state index in [4.69, 9.17) is 15.6 Å². The lowest BCUT2D eigenvalue weighted by atomic mass is 9.90. The Bertz CT molecular complexity index is 1060. The number of rotatable bonds is 7. The quantitative estimate of drug-likeness (QED) is 0.499. The van der Waals surface area contributed by atoms with Crippen molar-refractivity contribution in [3.8, 4) is 11.4 Å². The molecule has 3 aromatic rings. The summed E-state index contributed by atoms with van der Waals surface area (Å²) in [6.07, 6.45) is 2.16. The maximum absolute atomic E-state index is 6.64. The van der Waals surface area contributed by atoms with Crippen LogP contribution in [0.1, 0.15) is 80.9 Å². The van der Waals surface area contributed by atoms with Crippen LogP contribution >= 0.6 is 0 Å². The Kier molecular flexibility index (Phi) is 7.20. The number of benzene rings is 2. The minimum atomic E-state index is 0.127. The van der Waals surface area contributed by atoms with Crippen molar-refractivity contribution in [3.05, 3.63) is 77.1 Å². The molecule has 1 fully saturated rings. The van der Waals surface area contributed by atoms with Gasteiger partial charge in [-0.15, -0.1) is 0 Å². The monoisotopic (exact) mass is 446 g/mol. The smallest absolute Gasteiger partial charge is 0.123 e. The van der Waals surface area contributed by atoms with E-state index < -0.39 is 0 Å². The molecule has 0 unspecified atom stereocenters. The van der Waals surface area contributed by atoms with Gasteiger partial charge < -0.3 is 10.5 Å². The second-order valence-corrected chi connectivity index (χ2v) is 9.84. The first kappa shape index (κ1) is 23.5. The first-order valence-corrected chi connectivity index (χ1v) is 12.2. The minimum absolute atomic E-state index is 0.127. The fourth-order valence-corrected chi connectivity index (χ4v) is 4.94. The van der Waals surface area contributed by atoms with Gasteiger partial charge in [0, 0.05) is 23.8 Å². The zero-order chi connectivity index (χ0) is 23.5. The molecule has 0 bridgehead atoms. The molecule has 5 nitrogen and oxygen atoms in total. The number of nitrogens with zero attached hydrogens (tertiary/aromatic N) is 3. The lowest BCUT2D eigenvalue weighted by molar-refractivity contribution is 0.119. The third-order valence-corrected chi connectivity index (χ3v) is 6.74. The molecule has 1 aliphatic rings. The molecule has 33 heavy (non-hydrogen) atoms. The van der Waals surface area contributed by atoms with E-state index in [1.165, 1.54) is 16.8 Å². The van der Waals surface area contributed by atoms with Crippen molar-refractivity contribution >= 4 is 0 Å². The molecule has 2 aromatic carbocycles. The summed E-state index contributed by atoms with van der Waals surface area (Å²) in [5.74, 6) is 1.69. The first-order valence-electron chi connectivity index (χ1n) is 12.2. The van der Waals surface area contributed by atoms with Gasteiger partial charge in [-0.25, -0.2) is 4.68 Å². The SMILES string of the molecule is COc1ccc(-n2nc(C(C)C)cc2C(C)C)cc1CN1CCC[C@H](N)[C@@H]1c1ccccc1. The van der Waals surface area contributed by atoms with Crippen LogP contribution in [0.2, 0.25) is 0 Å². The highest BCUT2D eigenvalue weighted by atomic mass is 16.5. The van der Waals surface area contributed by atoms with Crippen LogP contribution in [0.5, 0.6) is 5.75 Å². The number of piperidine rings is 1. The average Bonchev–Trinajstić information content (AvgIpc) is 3.26. The van der Waals surface area contributed by atoms with Crippen molar-refractivity contribution < 1.29 is 4.74 Å². The second-order valence-electron chi connectivity index (χ2n) is 9.84. The Balaban J connectivity index is 1.71. The molecule has 1 aromatic heterocycles. The Morgan fingerprint density at radius 1 is 1.03 bits per heavy atom. The summed E-state index contributed by atoms with van der Waals surface area (Å²) in [6.45, 7) is 10.7. The highest BCUT2D eigenvalue weighted by molar-refractivity contribution is 5.45. The van der Waals surface area contributed by atoms with Crippen molar-refractivity contribution in [1.29, 1.82) is 0 Å². The summed E-state index contributed by atoms with van der Waals surface area (Å²) < 4.78 is 7.89. The lowest BCUT2D eigenvalue weighted by Crippen LogP contribution is -2.45. The van der Waals surface area contributed by atoms with E-state index in [9.17, 15) is 0 Å². The first-order chi connectivity index (χ1) is 15.9. The molecule has 176 valence electrons. The third-order valence-electron chi connectivity index (χ3n) is 6.74. The summed E-state index contributed by atoms with van der Waals surface area (Å²) in [5, 5.41) is 4.96. The van der Waals surface area contributed by atoms with Crippen molar-refractivity contribution in [3.63, 3.8) is 0 Å². The van der Waals surface area contributed by atoms with Gasteiger partial charge in [0.05, 0.1) is 24.5 Å². The molecule has 0 aliphatic carbocycles. The maximum atomic E-state index is 6.64. The zero-order valence-electron chi connectivity index (χ0n) is 20.7. The van der Waals surface area contributed by atoms with E-state index in [2.05, 4.69) is 91.9 Å². The van der Waals surface area contributed by atoms with Crippen LogP contribution < -0.4 is 10.5 Å². The third kappa shape index (κ3) is 4.99. The van der Waals surface area contributed by atoms with Gasteiger partial charge in [0.1, 0.15) is 5.75 Å². The molecular formula is C28H38N4O. The predicted octanol–water partition coefficient (Wildman–Crippen LogP) is 5.79. The lowest BCUT2D eigenvalue weighted by Gasteiger charge is -2.40. The number of methoxy groups -OCH3 is 1. The average molecular weight is 447 g/mol. The number of aromatic nitrogens is 2. The molecule has 1 saturated heterocycles. The van der Waals surface area contributed by atoms with Crippen LogP contribution in [0.25, 0.3) is 5.69 Å². The largest absolute Gasteiger partial charge is 0.496 e. The molecule has 0 spiro atoms. The fourth-order valence-electron chi connectivity index (χ4n) is 4.94. The van der Waals surface area contributed by atoms with E-state index in [1.54, 1.807) is 7.11 Å². The normalized spacial score (nSPS) is 19.4. The number of ether oxygens (including phenoxy) is 1. The van der Waals surface area contributed by atoms with E-state index in [0.717, 1.165) is 43.1 Å². The number of hydrogen-bond donors (Lipinski definition) is 1. The molecule has 2 atom stereocenters. The van der Waals surface area contributed by atoms with Gasteiger partial charge in [0.2, 0.25) is 0 Å². The van der Waals surface area contributed by atoms with Gasteiger partial charge in [-0.2, -0.15) is 5.10 Å². The Hall–Kier alpha value is -2.63. The molecule has 5 heteroatoms. The standard InChI is InChI=1S/C28H38N4O/c1-19(2)25-17-26(20(3)4)32(30-25)23-13-14-27(33-5)22(16-23)18-31-15-9-12-24(29)28(31)21-10-7-6-8-11-21/h6-8,10-11,13-14,16-17,19-20,24,28H,9,12,15,18,29H2,1-5H3/t24-,28-/m0/s1. The van der Waals surface area contributed by atoms with Crippen LogP contribution in [0, 0.1) is 0 Å². The topological polar surface area (TPSA) is 56.3 Å². The highest BCUT2D eigenvalue weighted by Gasteiger charge is 2.31. The fraction of sp³-hybridized carbons (Fsp3) is 0.464. The molecule has 1 aliphatic heterocycles. The highest BCUT2D eigenvalue weighted by Crippen LogP contribution is 2.34. The van der Waals surface area contributed by atoms with Crippen LogP contribution in [0.15, 0.2) is 54.6 Å². The van der Waals surface area contributed by atoms with E-state index in [1.807, 2.05) is 0 Å². The molecular weight excluding hydrogens is 408 g/mol. The maximum Gasteiger partial charge on any atom is 0.123 e. The van der Waals surface area contributed by atoms with Crippen molar-refractivity contribution in [1.82, 2.24) is 14.7 Å². The Labute approximate surface area is 198 Å². The van der Waals surface area contributed by atoms with Gasteiger partial charge >= 0.3 is 0 Å². The van der Waals surface area contributed by atoms with Gasteiger partial charge in [-0.1, -0.05) is 58.0 Å². The minimum Gasteiger partial charge on any atom is -0.496 e. The Morgan fingerprint density at radius 2 is 1.79 bits per heavy atom. The number of likely N-dealkylation sites (tertiary alicyclic amines) is 1. The molecule has 4 rings (SSSR count). The molecule has 0 amide bonds. The van der Waals surface area contributed by atoms with Gasteiger partial charge in [-0.3, -0.25) is 4.90 Å². The van der Waals surface area contributed by atoms with E-state index in [0.29, 0.717) is 11.8 Å². The van der Waals surface area contributed by atoms with Gasteiger partial charge in [0.15, 0.2) is 0 Å². The van der Waals surface area contributed by atoms with E-state index in [-0.39, 0.29) is 12.1 Å². The summed E-state index contributed by atoms with van der Waals surface area (Å²) >= 11 is 0. The predicted molar refractivity (Wildman–Crippen MR) is 135 cm³/mol. The summed E-state index contributed by atoms with van der Waals surface area (Å²) in [7, 11) is 1.75. The van der Waals surface area contributed by atoms with Crippen LogP contribution in [0.4, 0.5) is 0 Å².